The van der Waals surface area contributed by atoms with Gasteiger partial charge in [0.25, 0.3) is 0 Å². The van der Waals surface area contributed by atoms with Crippen LogP contribution in [-0.4, -0.2) is 9.13 Å². The molecule has 296 valence electrons. The number of anilines is 3. The second-order valence-electron chi connectivity index (χ2n) is 16.1. The summed E-state index contributed by atoms with van der Waals surface area (Å²) in [6, 6.07) is 90.0. The number of para-hydroxylation sites is 5. The minimum Gasteiger partial charge on any atom is -0.310 e. The van der Waals surface area contributed by atoms with Crippen LogP contribution in [0.25, 0.3) is 88.4 Å². The van der Waals surface area contributed by atoms with E-state index in [9.17, 15) is 0 Å². The average Bonchev–Trinajstić information content (AvgIpc) is 3.89. The Bertz CT molecular complexity index is 3530. The molecule has 0 aliphatic rings. The Morgan fingerprint density at radius 2 is 0.651 bits per heavy atom. The first-order valence-corrected chi connectivity index (χ1v) is 21.6. The van der Waals surface area contributed by atoms with Crippen molar-refractivity contribution in [1.82, 2.24) is 9.13 Å². The van der Waals surface area contributed by atoms with Crippen LogP contribution in [0.2, 0.25) is 0 Å². The van der Waals surface area contributed by atoms with Crippen LogP contribution >= 0.6 is 0 Å². The van der Waals surface area contributed by atoms with Gasteiger partial charge in [0.15, 0.2) is 0 Å². The van der Waals surface area contributed by atoms with E-state index in [1.807, 2.05) is 0 Å². The number of hydrogen-bond donors (Lipinski definition) is 0. The highest BCUT2D eigenvalue weighted by Gasteiger charge is 2.22. The molecule has 10 aromatic carbocycles. The van der Waals surface area contributed by atoms with E-state index in [0.717, 1.165) is 34.0 Å². The first kappa shape index (κ1) is 36.5. The van der Waals surface area contributed by atoms with E-state index in [0.29, 0.717) is 0 Å². The van der Waals surface area contributed by atoms with Gasteiger partial charge in [-0.15, -0.1) is 0 Å². The molecule has 0 saturated carbocycles. The second kappa shape index (κ2) is 15.3. The highest BCUT2D eigenvalue weighted by Crippen LogP contribution is 2.46. The van der Waals surface area contributed by atoms with E-state index < -0.39 is 0 Å². The van der Waals surface area contributed by atoms with E-state index >= 15 is 0 Å². The van der Waals surface area contributed by atoms with Gasteiger partial charge in [-0.3, -0.25) is 0 Å². The standard InChI is InChI=1S/C60H41N3/c1-3-16-42(17-4-1)43-30-36-47(37-31-43)61(48-38-32-44(33-39-48)45-34-40-49(41-35-45)62-56-26-12-7-20-50(56)51-21-8-13-27-57(51)62)55-25-11-9-22-52(55)53-24-15-29-59-60(53)54-23-10-14-28-58(54)63(59)46-18-5-2-6-19-46/h1-41H. The van der Waals surface area contributed by atoms with Crippen LogP contribution in [0, 0.1) is 0 Å². The lowest BCUT2D eigenvalue weighted by Gasteiger charge is -2.28. The maximum absolute atomic E-state index is 2.41. The molecule has 0 atom stereocenters. The minimum atomic E-state index is 1.08. The maximum Gasteiger partial charge on any atom is 0.0547 e. The number of rotatable bonds is 8. The Balaban J connectivity index is 0.978. The second-order valence-corrected chi connectivity index (χ2v) is 16.1. The minimum absolute atomic E-state index is 1.08. The number of fused-ring (bicyclic) bond motifs is 6. The van der Waals surface area contributed by atoms with Gasteiger partial charge in [-0.05, 0) is 107 Å². The first-order chi connectivity index (χ1) is 31.3. The summed E-state index contributed by atoms with van der Waals surface area (Å²) in [7, 11) is 0. The van der Waals surface area contributed by atoms with Gasteiger partial charge in [0.2, 0.25) is 0 Å². The van der Waals surface area contributed by atoms with Crippen LogP contribution in [0.15, 0.2) is 249 Å². The molecule has 0 radical (unpaired) electrons. The molecule has 12 rings (SSSR count). The SMILES string of the molecule is c1ccc(-c2ccc(N(c3ccc(-c4ccc(-n5c6ccccc6c6ccccc65)cc4)cc3)c3ccccc3-c3cccc4c3c3ccccc3n4-c3ccccc3)cc2)cc1. The maximum atomic E-state index is 2.41. The van der Waals surface area contributed by atoms with Gasteiger partial charge in [0, 0.05) is 49.9 Å². The van der Waals surface area contributed by atoms with Crippen LogP contribution in [0.3, 0.4) is 0 Å². The number of benzene rings is 10. The molecule has 0 unspecified atom stereocenters. The summed E-state index contributed by atoms with van der Waals surface area (Å²) in [5.74, 6) is 0. The Morgan fingerprint density at radius 3 is 1.25 bits per heavy atom. The smallest absolute Gasteiger partial charge is 0.0547 e. The Kier molecular flexibility index (Phi) is 8.83. The molecule has 0 fully saturated rings. The first-order valence-electron chi connectivity index (χ1n) is 21.6. The lowest BCUT2D eigenvalue weighted by atomic mass is 9.96. The van der Waals surface area contributed by atoms with Crippen molar-refractivity contribution in [1.29, 1.82) is 0 Å². The molecule has 12 aromatic rings. The molecule has 0 spiro atoms. The zero-order valence-electron chi connectivity index (χ0n) is 34.5. The van der Waals surface area contributed by atoms with E-state index in [1.165, 1.54) is 71.4 Å². The van der Waals surface area contributed by atoms with Gasteiger partial charge < -0.3 is 14.0 Å². The fourth-order valence-electron chi connectivity index (χ4n) is 9.66. The van der Waals surface area contributed by atoms with E-state index in [2.05, 4.69) is 263 Å². The molecule has 0 bridgehead atoms. The highest BCUT2D eigenvalue weighted by atomic mass is 15.1. The van der Waals surface area contributed by atoms with E-state index in [1.54, 1.807) is 0 Å². The Hall–Kier alpha value is -8.40. The molecule has 0 amide bonds. The van der Waals surface area contributed by atoms with Crippen LogP contribution in [0.5, 0.6) is 0 Å². The molecule has 0 aliphatic carbocycles. The summed E-state index contributed by atoms with van der Waals surface area (Å²) in [5.41, 5.74) is 17.5. The van der Waals surface area contributed by atoms with Crippen molar-refractivity contribution in [2.75, 3.05) is 4.90 Å². The zero-order valence-corrected chi connectivity index (χ0v) is 34.5. The van der Waals surface area contributed by atoms with Crippen molar-refractivity contribution in [3.63, 3.8) is 0 Å². The third-order valence-corrected chi connectivity index (χ3v) is 12.5. The van der Waals surface area contributed by atoms with Crippen molar-refractivity contribution in [2.24, 2.45) is 0 Å². The van der Waals surface area contributed by atoms with E-state index in [-0.39, 0.29) is 0 Å². The van der Waals surface area contributed by atoms with Crippen LogP contribution in [-0.2, 0) is 0 Å². The molecular formula is C60H41N3. The fraction of sp³-hybridized carbons (Fsp3) is 0. The zero-order chi connectivity index (χ0) is 41.7. The quantitative estimate of drug-likeness (QED) is 0.149. The van der Waals surface area contributed by atoms with Crippen molar-refractivity contribution >= 4 is 60.7 Å². The lowest BCUT2D eigenvalue weighted by molar-refractivity contribution is 1.18. The lowest BCUT2D eigenvalue weighted by Crippen LogP contribution is -2.11. The largest absolute Gasteiger partial charge is 0.310 e. The molecule has 0 N–H and O–H groups in total. The van der Waals surface area contributed by atoms with Gasteiger partial charge in [-0.25, -0.2) is 0 Å². The Labute approximate surface area is 366 Å². The number of hydrogen-bond acceptors (Lipinski definition) is 1. The van der Waals surface area contributed by atoms with Crippen molar-refractivity contribution < 1.29 is 0 Å². The molecular weight excluding hydrogens is 763 g/mol. The molecule has 2 aromatic heterocycles. The number of aromatic nitrogens is 2. The fourth-order valence-corrected chi connectivity index (χ4v) is 9.66. The monoisotopic (exact) mass is 803 g/mol. The molecule has 3 nitrogen and oxygen atoms in total. The third-order valence-electron chi connectivity index (χ3n) is 12.5. The topological polar surface area (TPSA) is 13.1 Å². The predicted molar refractivity (Wildman–Crippen MR) is 266 cm³/mol. The summed E-state index contributed by atoms with van der Waals surface area (Å²) < 4.78 is 4.76. The van der Waals surface area contributed by atoms with Crippen LogP contribution in [0.4, 0.5) is 17.1 Å². The number of nitrogens with zero attached hydrogens (tertiary/aromatic N) is 3. The van der Waals surface area contributed by atoms with Gasteiger partial charge in [-0.1, -0.05) is 170 Å². The van der Waals surface area contributed by atoms with Crippen molar-refractivity contribution in [2.45, 2.75) is 0 Å². The molecule has 63 heavy (non-hydrogen) atoms. The Morgan fingerprint density at radius 1 is 0.254 bits per heavy atom. The molecule has 3 heteroatoms. The molecule has 2 heterocycles. The molecule has 0 saturated heterocycles. The van der Waals surface area contributed by atoms with Crippen LogP contribution in [0.1, 0.15) is 0 Å². The van der Waals surface area contributed by atoms with Gasteiger partial charge in [0.1, 0.15) is 0 Å². The predicted octanol–water partition coefficient (Wildman–Crippen LogP) is 16.4. The normalized spacial score (nSPS) is 11.5. The summed E-state index contributed by atoms with van der Waals surface area (Å²) in [5, 5.41) is 5.01. The third kappa shape index (κ3) is 6.21. The van der Waals surface area contributed by atoms with E-state index in [4.69, 9.17) is 0 Å². The summed E-state index contributed by atoms with van der Waals surface area (Å²) in [6.07, 6.45) is 0. The van der Waals surface area contributed by atoms with Gasteiger partial charge >= 0.3 is 0 Å². The summed E-state index contributed by atoms with van der Waals surface area (Å²) in [6.45, 7) is 0. The van der Waals surface area contributed by atoms with Gasteiger partial charge in [-0.2, -0.15) is 0 Å². The molecule has 0 aliphatic heterocycles. The summed E-state index contributed by atoms with van der Waals surface area (Å²) >= 11 is 0. The van der Waals surface area contributed by atoms with Crippen molar-refractivity contribution in [3.05, 3.63) is 249 Å². The van der Waals surface area contributed by atoms with Crippen molar-refractivity contribution in [3.8, 4) is 44.8 Å². The highest BCUT2D eigenvalue weighted by molar-refractivity contribution is 6.17. The van der Waals surface area contributed by atoms with Gasteiger partial charge in [0.05, 0.1) is 27.8 Å². The average molecular weight is 804 g/mol. The van der Waals surface area contributed by atoms with Crippen LogP contribution < -0.4 is 4.90 Å². The summed E-state index contributed by atoms with van der Waals surface area (Å²) in [4.78, 5) is 2.41.